The molecule has 1 aromatic carbocycles. The van der Waals surface area contributed by atoms with Gasteiger partial charge in [0.1, 0.15) is 11.1 Å². The molecule has 1 fully saturated rings. The van der Waals surface area contributed by atoms with E-state index in [4.69, 9.17) is 16.3 Å². The van der Waals surface area contributed by atoms with Gasteiger partial charge in [-0.3, -0.25) is 9.59 Å². The Morgan fingerprint density at radius 1 is 1.24 bits per heavy atom. The standard InChI is InChI=1S/C25H30ClN3O4/c1-16(30)29-12-9-19(10-13-29)33-25-24(26)20(8-11-27-25)22(31)6-7-23(32)21-14-17-4-2-3-5-18(17)15-28-21/h2-5,8,11,19,21,23,28,32H,6-7,9-10,12-15H2,1H3/t21-,23+/m0/s1. The number of fused-ring (bicyclic) bond motifs is 1. The van der Waals surface area contributed by atoms with Gasteiger partial charge < -0.3 is 20.1 Å². The molecule has 2 aliphatic rings. The highest BCUT2D eigenvalue weighted by Gasteiger charge is 2.27. The van der Waals surface area contributed by atoms with E-state index in [1.807, 2.05) is 12.1 Å². The van der Waals surface area contributed by atoms with E-state index in [0.29, 0.717) is 44.5 Å². The van der Waals surface area contributed by atoms with Crippen molar-refractivity contribution in [1.82, 2.24) is 15.2 Å². The van der Waals surface area contributed by atoms with Gasteiger partial charge in [-0.15, -0.1) is 0 Å². The van der Waals surface area contributed by atoms with E-state index in [2.05, 4.69) is 22.4 Å². The smallest absolute Gasteiger partial charge is 0.233 e. The monoisotopic (exact) mass is 471 g/mol. The van der Waals surface area contributed by atoms with Crippen LogP contribution in [-0.4, -0.2) is 58.0 Å². The van der Waals surface area contributed by atoms with Gasteiger partial charge >= 0.3 is 0 Å². The lowest BCUT2D eigenvalue weighted by Crippen LogP contribution is -2.44. The molecule has 0 unspecified atom stereocenters. The highest BCUT2D eigenvalue weighted by Crippen LogP contribution is 2.30. The van der Waals surface area contributed by atoms with Crippen molar-refractivity contribution in [2.75, 3.05) is 13.1 Å². The maximum absolute atomic E-state index is 12.9. The number of carbonyl (C=O) groups excluding carboxylic acids is 2. The third kappa shape index (κ3) is 5.72. The first kappa shape index (κ1) is 23.7. The van der Waals surface area contributed by atoms with Crippen molar-refractivity contribution in [3.8, 4) is 5.88 Å². The normalized spacial score (nSPS) is 19.6. The molecule has 0 saturated carbocycles. The van der Waals surface area contributed by atoms with Gasteiger partial charge in [-0.2, -0.15) is 0 Å². The van der Waals surface area contributed by atoms with Crippen molar-refractivity contribution >= 4 is 23.3 Å². The lowest BCUT2D eigenvalue weighted by molar-refractivity contribution is -0.130. The number of likely N-dealkylation sites (tertiary alicyclic amines) is 1. The van der Waals surface area contributed by atoms with Crippen LogP contribution in [0.2, 0.25) is 5.02 Å². The number of rotatable bonds is 7. The summed E-state index contributed by atoms with van der Waals surface area (Å²) in [5, 5.41) is 14.3. The fraction of sp³-hybridized carbons (Fsp3) is 0.480. The van der Waals surface area contributed by atoms with Crippen LogP contribution in [0.4, 0.5) is 0 Å². The zero-order valence-electron chi connectivity index (χ0n) is 18.8. The Balaban J connectivity index is 1.32. The van der Waals surface area contributed by atoms with Crippen LogP contribution in [0.15, 0.2) is 36.5 Å². The van der Waals surface area contributed by atoms with Crippen molar-refractivity contribution < 1.29 is 19.4 Å². The minimum Gasteiger partial charge on any atom is -0.473 e. The van der Waals surface area contributed by atoms with E-state index in [1.165, 1.54) is 17.3 Å². The number of aliphatic hydroxyl groups is 1. The van der Waals surface area contributed by atoms with E-state index in [-0.39, 0.29) is 41.2 Å². The van der Waals surface area contributed by atoms with Gasteiger partial charge in [0.2, 0.25) is 11.8 Å². The van der Waals surface area contributed by atoms with Crippen molar-refractivity contribution in [3.63, 3.8) is 0 Å². The zero-order chi connectivity index (χ0) is 23.4. The average molecular weight is 472 g/mol. The minimum absolute atomic E-state index is 0.0621. The Hall–Kier alpha value is -2.48. The summed E-state index contributed by atoms with van der Waals surface area (Å²) in [5.74, 6) is 0.163. The quantitative estimate of drug-likeness (QED) is 0.603. The molecular formula is C25H30ClN3O4. The molecule has 7 nitrogen and oxygen atoms in total. The van der Waals surface area contributed by atoms with E-state index in [9.17, 15) is 14.7 Å². The van der Waals surface area contributed by atoms with Crippen LogP contribution < -0.4 is 10.1 Å². The first-order valence-corrected chi connectivity index (χ1v) is 11.9. The molecule has 0 bridgehead atoms. The number of hydrogen-bond donors (Lipinski definition) is 2. The fourth-order valence-electron chi connectivity index (χ4n) is 4.53. The van der Waals surface area contributed by atoms with Crippen LogP contribution in [0.1, 0.15) is 54.1 Å². The van der Waals surface area contributed by atoms with Gasteiger partial charge in [0.15, 0.2) is 5.78 Å². The number of carbonyl (C=O) groups is 2. The fourth-order valence-corrected chi connectivity index (χ4v) is 4.80. The number of aliphatic hydroxyl groups excluding tert-OH is 1. The molecule has 1 aromatic heterocycles. The van der Waals surface area contributed by atoms with Crippen LogP contribution in [0, 0.1) is 0 Å². The molecule has 0 radical (unpaired) electrons. The Kier molecular flexibility index (Phi) is 7.63. The van der Waals surface area contributed by atoms with Gasteiger partial charge in [0.05, 0.1) is 6.10 Å². The predicted molar refractivity (Wildman–Crippen MR) is 125 cm³/mol. The first-order valence-electron chi connectivity index (χ1n) is 11.5. The molecule has 1 amide bonds. The van der Waals surface area contributed by atoms with E-state index in [1.54, 1.807) is 17.9 Å². The van der Waals surface area contributed by atoms with Crippen LogP contribution in [0.3, 0.4) is 0 Å². The maximum atomic E-state index is 12.9. The largest absolute Gasteiger partial charge is 0.473 e. The summed E-state index contributed by atoms with van der Waals surface area (Å²) in [7, 11) is 0. The summed E-state index contributed by atoms with van der Waals surface area (Å²) >= 11 is 6.47. The Morgan fingerprint density at radius 3 is 2.70 bits per heavy atom. The van der Waals surface area contributed by atoms with E-state index >= 15 is 0 Å². The number of amides is 1. The Labute approximate surface area is 199 Å². The second-order valence-electron chi connectivity index (χ2n) is 8.79. The first-order chi connectivity index (χ1) is 15.9. The number of nitrogens with zero attached hydrogens (tertiary/aromatic N) is 2. The molecule has 176 valence electrons. The molecule has 2 aromatic rings. The number of benzene rings is 1. The number of ether oxygens (including phenoxy) is 1. The Bertz CT molecular complexity index is 1010. The third-order valence-electron chi connectivity index (χ3n) is 6.57. The summed E-state index contributed by atoms with van der Waals surface area (Å²) < 4.78 is 5.97. The molecule has 2 aliphatic heterocycles. The van der Waals surface area contributed by atoms with E-state index in [0.717, 1.165) is 6.42 Å². The molecule has 33 heavy (non-hydrogen) atoms. The minimum atomic E-state index is -0.634. The number of piperidine rings is 1. The van der Waals surface area contributed by atoms with Crippen molar-refractivity contribution in [2.45, 2.75) is 63.8 Å². The van der Waals surface area contributed by atoms with Crippen LogP contribution >= 0.6 is 11.6 Å². The van der Waals surface area contributed by atoms with Gasteiger partial charge in [-0.05, 0) is 30.0 Å². The number of halogens is 1. The molecule has 0 aliphatic carbocycles. The highest BCUT2D eigenvalue weighted by atomic mass is 35.5. The van der Waals surface area contributed by atoms with Crippen LogP contribution in [-0.2, 0) is 17.8 Å². The van der Waals surface area contributed by atoms with Crippen molar-refractivity contribution in [3.05, 3.63) is 58.2 Å². The average Bonchev–Trinajstić information content (AvgIpc) is 2.83. The number of Topliss-reactive ketones (excluding diaryl/α,β-unsaturated/α-hetero) is 1. The molecule has 8 heteroatoms. The molecule has 3 heterocycles. The highest BCUT2D eigenvalue weighted by molar-refractivity contribution is 6.35. The summed E-state index contributed by atoms with van der Waals surface area (Å²) in [6.07, 6.45) is 3.44. The number of nitrogens with one attached hydrogen (secondary N) is 1. The molecule has 4 rings (SSSR count). The predicted octanol–water partition coefficient (Wildman–Crippen LogP) is 3.16. The second kappa shape index (κ2) is 10.6. The number of ketones is 1. The van der Waals surface area contributed by atoms with Crippen LogP contribution in [0.25, 0.3) is 0 Å². The lowest BCUT2D eigenvalue weighted by atomic mass is 9.91. The zero-order valence-corrected chi connectivity index (χ0v) is 19.6. The van der Waals surface area contributed by atoms with Gasteiger partial charge in [-0.25, -0.2) is 4.98 Å². The molecule has 0 spiro atoms. The van der Waals surface area contributed by atoms with Gasteiger partial charge in [0, 0.05) is 63.6 Å². The molecule has 2 N–H and O–H groups in total. The van der Waals surface area contributed by atoms with Crippen molar-refractivity contribution in [1.29, 1.82) is 0 Å². The SMILES string of the molecule is CC(=O)N1CCC(Oc2nccc(C(=O)CC[C@@H](O)[C@@H]3Cc4ccccc4CN3)c2Cl)CC1. The van der Waals surface area contributed by atoms with Crippen LogP contribution in [0.5, 0.6) is 5.88 Å². The summed E-state index contributed by atoms with van der Waals surface area (Å²) in [6, 6.07) is 9.71. The molecule has 2 atom stereocenters. The molecular weight excluding hydrogens is 442 g/mol. The third-order valence-corrected chi connectivity index (χ3v) is 6.93. The lowest BCUT2D eigenvalue weighted by Gasteiger charge is -2.31. The maximum Gasteiger partial charge on any atom is 0.233 e. The van der Waals surface area contributed by atoms with Gasteiger partial charge in [-0.1, -0.05) is 35.9 Å². The second-order valence-corrected chi connectivity index (χ2v) is 9.17. The van der Waals surface area contributed by atoms with Crippen molar-refractivity contribution in [2.24, 2.45) is 0 Å². The van der Waals surface area contributed by atoms with E-state index < -0.39 is 6.10 Å². The molecule has 1 saturated heterocycles. The summed E-state index contributed by atoms with van der Waals surface area (Å²) in [6.45, 7) is 3.55. The number of aromatic nitrogens is 1. The number of hydrogen-bond acceptors (Lipinski definition) is 6. The summed E-state index contributed by atoms with van der Waals surface area (Å²) in [5.41, 5.74) is 2.84. The summed E-state index contributed by atoms with van der Waals surface area (Å²) in [4.78, 5) is 30.4. The topological polar surface area (TPSA) is 91.8 Å². The number of pyridine rings is 1. The Morgan fingerprint density at radius 2 is 1.97 bits per heavy atom. The van der Waals surface area contributed by atoms with Gasteiger partial charge in [0.25, 0.3) is 0 Å².